The number of nitrogens with zero attached hydrogens (tertiary/aromatic N) is 4. The minimum atomic E-state index is 0.418. The third-order valence-electron chi connectivity index (χ3n) is 5.67. The Balaban J connectivity index is 1.75. The number of halogens is 2. The molecule has 4 rings (SSSR count). The Kier molecular flexibility index (Phi) is 5.52. The van der Waals surface area contributed by atoms with Crippen molar-refractivity contribution in [3.63, 3.8) is 0 Å². The van der Waals surface area contributed by atoms with Crippen LogP contribution in [-0.4, -0.2) is 47.5 Å². The number of aromatic nitrogens is 2. The minimum absolute atomic E-state index is 0.418. The average molecular weight is 418 g/mol. The van der Waals surface area contributed by atoms with Gasteiger partial charge in [-0.25, -0.2) is 4.98 Å². The molecule has 1 saturated heterocycles. The monoisotopic (exact) mass is 417 g/mol. The zero-order valence-electron chi connectivity index (χ0n) is 16.2. The quantitative estimate of drug-likeness (QED) is 0.687. The molecule has 0 amide bonds. The van der Waals surface area contributed by atoms with Gasteiger partial charge in [0.15, 0.2) is 0 Å². The lowest BCUT2D eigenvalue weighted by Crippen LogP contribution is -2.42. The van der Waals surface area contributed by atoms with Gasteiger partial charge in [0.2, 0.25) is 0 Å². The van der Waals surface area contributed by atoms with Crippen molar-refractivity contribution >= 4 is 34.7 Å². The lowest BCUT2D eigenvalue weighted by molar-refractivity contribution is 0.249. The molecule has 3 heterocycles. The number of fused-ring (bicyclic) bond motifs is 1. The number of benzene rings is 1. The highest BCUT2D eigenvalue weighted by atomic mass is 35.5. The molecule has 0 saturated carbocycles. The highest BCUT2D eigenvalue weighted by Crippen LogP contribution is 2.34. The zero-order chi connectivity index (χ0) is 19.8. The van der Waals surface area contributed by atoms with Crippen molar-refractivity contribution < 1.29 is 0 Å². The lowest BCUT2D eigenvalue weighted by atomic mass is 10.0. The second kappa shape index (κ2) is 7.91. The Morgan fingerprint density at radius 1 is 1.14 bits per heavy atom. The van der Waals surface area contributed by atoms with Crippen molar-refractivity contribution in [2.75, 3.05) is 32.1 Å². The Morgan fingerprint density at radius 3 is 2.54 bits per heavy atom. The molecule has 0 atom stereocenters. The molecule has 0 bridgehead atoms. The predicted octanol–water partition coefficient (Wildman–Crippen LogP) is 4.30. The summed E-state index contributed by atoms with van der Waals surface area (Å²) in [6.07, 6.45) is 6.36. The van der Waals surface area contributed by atoms with Gasteiger partial charge in [0.1, 0.15) is 11.5 Å². The van der Waals surface area contributed by atoms with E-state index in [0.717, 1.165) is 54.1 Å². The van der Waals surface area contributed by atoms with Gasteiger partial charge >= 0.3 is 0 Å². The van der Waals surface area contributed by atoms with Crippen LogP contribution in [0, 0.1) is 0 Å². The number of hydrogen-bond acceptors (Lipinski definition) is 4. The van der Waals surface area contributed by atoms with Gasteiger partial charge < -0.3 is 15.5 Å². The molecule has 1 fully saturated rings. The fourth-order valence-corrected chi connectivity index (χ4v) is 4.53. The summed E-state index contributed by atoms with van der Waals surface area (Å²) in [6, 6.07) is 8.26. The van der Waals surface area contributed by atoms with Crippen LogP contribution in [0.4, 0.5) is 5.82 Å². The number of imidazole rings is 1. The van der Waals surface area contributed by atoms with Gasteiger partial charge in [0.05, 0.1) is 6.20 Å². The first-order chi connectivity index (χ1) is 13.5. The summed E-state index contributed by atoms with van der Waals surface area (Å²) in [5.74, 6) is 1.11. The third-order valence-corrected chi connectivity index (χ3v) is 6.22. The largest absolute Gasteiger partial charge is 0.356 e. The number of anilines is 1. The second-order valence-corrected chi connectivity index (χ2v) is 8.41. The molecule has 5 nitrogen and oxygen atoms in total. The molecule has 1 aromatic carbocycles. The van der Waals surface area contributed by atoms with Crippen molar-refractivity contribution in [1.29, 1.82) is 0 Å². The van der Waals surface area contributed by atoms with Crippen LogP contribution in [-0.2, 0) is 6.54 Å². The van der Waals surface area contributed by atoms with E-state index in [9.17, 15) is 0 Å². The molecule has 3 aromatic rings. The molecule has 1 aliphatic rings. The smallest absolute Gasteiger partial charge is 0.138 e. The van der Waals surface area contributed by atoms with Crippen LogP contribution < -0.4 is 10.6 Å². The molecule has 1 aliphatic heterocycles. The molecule has 148 valence electrons. The van der Waals surface area contributed by atoms with Crippen LogP contribution >= 0.6 is 23.2 Å². The van der Waals surface area contributed by atoms with Crippen LogP contribution in [0.3, 0.4) is 0 Å². The maximum absolute atomic E-state index is 6.49. The number of nitrogens with two attached hydrogens (primary N) is 1. The fraction of sp³-hybridized carbons (Fsp3) is 0.381. The molecule has 28 heavy (non-hydrogen) atoms. The van der Waals surface area contributed by atoms with Crippen LogP contribution in [0.25, 0.3) is 16.8 Å². The first-order valence-corrected chi connectivity index (χ1v) is 10.3. The van der Waals surface area contributed by atoms with E-state index in [2.05, 4.69) is 45.5 Å². The summed E-state index contributed by atoms with van der Waals surface area (Å²) < 4.78 is 2.15. The summed E-state index contributed by atoms with van der Waals surface area (Å²) >= 11 is 12.6. The van der Waals surface area contributed by atoms with Gasteiger partial charge in [-0.15, -0.1) is 0 Å². The predicted molar refractivity (Wildman–Crippen MR) is 117 cm³/mol. The number of hydrogen-bond donors (Lipinski definition) is 1. The van der Waals surface area contributed by atoms with Crippen LogP contribution in [0.5, 0.6) is 0 Å². The van der Waals surface area contributed by atoms with Gasteiger partial charge in [0, 0.05) is 53.0 Å². The summed E-state index contributed by atoms with van der Waals surface area (Å²) in [7, 11) is 4.32. The third kappa shape index (κ3) is 3.60. The van der Waals surface area contributed by atoms with Crippen molar-refractivity contribution in [3.8, 4) is 11.1 Å². The Bertz CT molecular complexity index is 990. The van der Waals surface area contributed by atoms with Gasteiger partial charge in [-0.3, -0.25) is 4.40 Å². The first-order valence-electron chi connectivity index (χ1n) is 9.54. The number of piperidine rings is 1. The summed E-state index contributed by atoms with van der Waals surface area (Å²) in [5, 5.41) is 1.24. The summed E-state index contributed by atoms with van der Waals surface area (Å²) in [4.78, 5) is 9.36. The van der Waals surface area contributed by atoms with E-state index < -0.39 is 0 Å². The molecule has 0 aliphatic carbocycles. The molecule has 2 aromatic heterocycles. The van der Waals surface area contributed by atoms with Crippen LogP contribution in [0.1, 0.15) is 18.4 Å². The van der Waals surface area contributed by atoms with E-state index >= 15 is 0 Å². The number of rotatable bonds is 4. The van der Waals surface area contributed by atoms with Gasteiger partial charge in [-0.05, 0) is 50.7 Å². The first kappa shape index (κ1) is 19.5. The SMILES string of the molecule is CN(C)C1CCN(c2cnc3cc(CN)c(-c4ccc(Cl)cc4Cl)cn23)CC1. The van der Waals surface area contributed by atoms with Crippen LogP contribution in [0.2, 0.25) is 10.0 Å². The highest BCUT2D eigenvalue weighted by Gasteiger charge is 2.23. The van der Waals surface area contributed by atoms with E-state index in [-0.39, 0.29) is 0 Å². The number of pyridine rings is 1. The molecule has 0 unspecified atom stereocenters. The standard InChI is InChI=1S/C21H25Cl2N5/c1-26(2)16-5-7-27(8-6-16)21-12-25-20-9-14(11-24)18(13-28(20)21)17-4-3-15(22)10-19(17)23/h3-4,9-10,12-13,16H,5-8,11,24H2,1-2H3. The Morgan fingerprint density at radius 2 is 1.89 bits per heavy atom. The molecular weight excluding hydrogens is 393 g/mol. The highest BCUT2D eigenvalue weighted by molar-refractivity contribution is 6.36. The van der Waals surface area contributed by atoms with Gasteiger partial charge in [-0.1, -0.05) is 29.3 Å². The van der Waals surface area contributed by atoms with E-state index in [1.807, 2.05) is 18.3 Å². The molecule has 7 heteroatoms. The van der Waals surface area contributed by atoms with Crippen LogP contribution in [0.15, 0.2) is 36.7 Å². The van der Waals surface area contributed by atoms with Crippen molar-refractivity contribution in [3.05, 3.63) is 52.3 Å². The molecule has 0 radical (unpaired) electrons. The van der Waals surface area contributed by atoms with E-state index in [1.165, 1.54) is 0 Å². The van der Waals surface area contributed by atoms with E-state index in [0.29, 0.717) is 22.6 Å². The minimum Gasteiger partial charge on any atom is -0.356 e. The van der Waals surface area contributed by atoms with Crippen molar-refractivity contribution in [1.82, 2.24) is 14.3 Å². The molecular formula is C21H25Cl2N5. The Hall–Kier alpha value is -1.79. The second-order valence-electron chi connectivity index (χ2n) is 7.57. The van der Waals surface area contributed by atoms with Crippen molar-refractivity contribution in [2.24, 2.45) is 5.73 Å². The summed E-state index contributed by atoms with van der Waals surface area (Å²) in [5.41, 5.74) is 9.89. The van der Waals surface area contributed by atoms with E-state index in [4.69, 9.17) is 28.9 Å². The van der Waals surface area contributed by atoms with Gasteiger partial charge in [0.25, 0.3) is 0 Å². The fourth-order valence-electron chi connectivity index (χ4n) is 4.01. The maximum atomic E-state index is 6.49. The maximum Gasteiger partial charge on any atom is 0.138 e. The average Bonchev–Trinajstić information content (AvgIpc) is 3.10. The topological polar surface area (TPSA) is 49.8 Å². The Labute approximate surface area is 175 Å². The van der Waals surface area contributed by atoms with Crippen molar-refractivity contribution in [2.45, 2.75) is 25.4 Å². The molecule has 0 spiro atoms. The zero-order valence-corrected chi connectivity index (χ0v) is 17.7. The lowest BCUT2D eigenvalue weighted by Gasteiger charge is -2.36. The van der Waals surface area contributed by atoms with E-state index in [1.54, 1.807) is 6.07 Å². The van der Waals surface area contributed by atoms with Gasteiger partial charge in [-0.2, -0.15) is 0 Å². The normalized spacial score (nSPS) is 15.7. The summed E-state index contributed by atoms with van der Waals surface area (Å²) in [6.45, 7) is 2.46. The molecule has 2 N–H and O–H groups in total.